The summed E-state index contributed by atoms with van der Waals surface area (Å²) in [6.45, 7) is 0. The number of rotatable bonds is 2. The van der Waals surface area contributed by atoms with Crippen LogP contribution in [-0.4, -0.2) is 18.7 Å². The molecule has 0 atom stereocenters. The Balaban J connectivity index is 4.07. The van der Waals surface area contributed by atoms with E-state index in [0.29, 0.717) is 0 Å². The van der Waals surface area contributed by atoms with Gasteiger partial charge in [0.2, 0.25) is 0 Å². The zero-order valence-electron chi connectivity index (χ0n) is 4.21. The van der Waals surface area contributed by atoms with Crippen molar-refractivity contribution in [1.29, 1.82) is 0 Å². The van der Waals surface area contributed by atoms with Gasteiger partial charge in [0.15, 0.2) is 0 Å². The molecular weight excluding hydrogens is 187 g/mol. The summed E-state index contributed by atoms with van der Waals surface area (Å²) in [6.07, 6.45) is 0. The van der Waals surface area contributed by atoms with Gasteiger partial charge in [-0.25, -0.2) is 0 Å². The third-order valence-corrected chi connectivity index (χ3v) is 1.89. The van der Waals surface area contributed by atoms with Gasteiger partial charge in [-0.3, -0.25) is 4.55 Å². The van der Waals surface area contributed by atoms with Crippen molar-refractivity contribution in [2.24, 2.45) is 0 Å². The molecule has 0 aromatic rings. The first-order chi connectivity index (χ1) is 3.95. The van der Waals surface area contributed by atoms with E-state index < -0.39 is 15.9 Å². The molecule has 0 bridgehead atoms. The lowest BCUT2D eigenvalue weighted by atomic mass is 10.7. The van der Waals surface area contributed by atoms with Crippen molar-refractivity contribution in [1.82, 2.24) is 0 Å². The Morgan fingerprint density at radius 1 is 1.67 bits per heavy atom. The van der Waals surface area contributed by atoms with Gasteiger partial charge in [-0.05, 0) is 0 Å². The minimum atomic E-state index is -4.02. The van der Waals surface area contributed by atoms with Crippen LogP contribution in [0.2, 0.25) is 0 Å². The summed E-state index contributed by atoms with van der Waals surface area (Å²) in [4.78, 5) is 0. The maximum atomic E-state index is 9.97. The average molecular weight is 191 g/mol. The van der Waals surface area contributed by atoms with Gasteiger partial charge in [0.05, 0.1) is 0 Å². The molecule has 0 fully saturated rings. The summed E-state index contributed by atoms with van der Waals surface area (Å²) < 4.78 is 28.1. The quantitative estimate of drug-likeness (QED) is 0.667. The van der Waals surface area contributed by atoms with Crippen molar-refractivity contribution in [2.45, 2.75) is 0 Å². The van der Waals surface area contributed by atoms with Crippen LogP contribution in [-0.2, 0) is 10.1 Å². The van der Waals surface area contributed by atoms with Gasteiger partial charge < -0.3 is 0 Å². The summed E-state index contributed by atoms with van der Waals surface area (Å²) >= 11 is 10.1. The molecule has 0 amide bonds. The van der Waals surface area contributed by atoms with Crippen LogP contribution in [0.1, 0.15) is 0 Å². The molecule has 0 aromatic heterocycles. The molecule has 9 heavy (non-hydrogen) atoms. The van der Waals surface area contributed by atoms with Crippen LogP contribution in [0.15, 0.2) is 10.6 Å². The zero-order valence-corrected chi connectivity index (χ0v) is 6.54. The van der Waals surface area contributed by atoms with Gasteiger partial charge >= 0.3 is 0 Å². The first-order valence-electron chi connectivity index (χ1n) is 1.85. The van der Waals surface area contributed by atoms with Crippen LogP contribution in [0, 0.1) is 0 Å². The fourth-order valence-corrected chi connectivity index (χ4v) is 1.22. The predicted octanol–water partition coefficient (Wildman–Crippen LogP) is 1.19. The highest BCUT2D eigenvalue weighted by Crippen LogP contribution is 2.05. The van der Waals surface area contributed by atoms with Crippen LogP contribution in [0.5, 0.6) is 0 Å². The average Bonchev–Trinajstić information content (AvgIpc) is 1.62. The SMILES string of the molecule is O=S(=O)(O)C/C(Cl)=C/Cl. The Labute approximate surface area is 63.0 Å². The van der Waals surface area contributed by atoms with E-state index in [4.69, 9.17) is 27.8 Å². The topological polar surface area (TPSA) is 54.4 Å². The Kier molecular flexibility index (Phi) is 3.50. The normalized spacial score (nSPS) is 13.9. The fraction of sp³-hybridized carbons (Fsp3) is 0.333. The van der Waals surface area contributed by atoms with Gasteiger partial charge in [0, 0.05) is 10.6 Å². The minimum Gasteiger partial charge on any atom is -0.285 e. The maximum Gasteiger partial charge on any atom is 0.270 e. The summed E-state index contributed by atoms with van der Waals surface area (Å²) in [5, 5.41) is -0.112. The second kappa shape index (κ2) is 3.41. The van der Waals surface area contributed by atoms with Crippen LogP contribution in [0.4, 0.5) is 0 Å². The van der Waals surface area contributed by atoms with Crippen molar-refractivity contribution in [3.63, 3.8) is 0 Å². The summed E-state index contributed by atoms with van der Waals surface area (Å²) in [6, 6.07) is 0. The van der Waals surface area contributed by atoms with Gasteiger partial charge in [-0.15, -0.1) is 0 Å². The minimum absolute atomic E-state index is 0.112. The van der Waals surface area contributed by atoms with Crippen LogP contribution in [0.3, 0.4) is 0 Å². The second-order valence-corrected chi connectivity index (χ2v) is 3.44. The molecular formula is C3H4Cl2O3S. The molecule has 0 radical (unpaired) electrons. The molecule has 1 N–H and O–H groups in total. The van der Waals surface area contributed by atoms with Crippen molar-refractivity contribution >= 4 is 33.3 Å². The standard InChI is InChI=1S/C3H4Cl2O3S/c4-1-3(5)2-9(6,7)8/h1H,2H2,(H,6,7,8)/b3-1-. The van der Waals surface area contributed by atoms with Gasteiger partial charge in [-0.1, -0.05) is 23.2 Å². The number of hydrogen-bond acceptors (Lipinski definition) is 2. The largest absolute Gasteiger partial charge is 0.285 e. The van der Waals surface area contributed by atoms with Gasteiger partial charge in [0.1, 0.15) is 5.75 Å². The summed E-state index contributed by atoms with van der Waals surface area (Å²) in [5.41, 5.74) is 0.884. The molecule has 0 aliphatic heterocycles. The van der Waals surface area contributed by atoms with Crippen molar-refractivity contribution in [2.75, 3.05) is 5.75 Å². The van der Waals surface area contributed by atoms with E-state index >= 15 is 0 Å². The molecule has 6 heteroatoms. The Hall–Kier alpha value is 0.230. The highest BCUT2D eigenvalue weighted by atomic mass is 35.5. The first-order valence-corrected chi connectivity index (χ1v) is 4.28. The molecule has 0 unspecified atom stereocenters. The molecule has 0 aromatic carbocycles. The fourth-order valence-electron chi connectivity index (χ4n) is 0.206. The number of hydrogen-bond donors (Lipinski definition) is 1. The first kappa shape index (κ1) is 9.23. The maximum absolute atomic E-state index is 9.97. The highest BCUT2D eigenvalue weighted by molar-refractivity contribution is 7.86. The van der Waals surface area contributed by atoms with Crippen molar-refractivity contribution in [3.8, 4) is 0 Å². The van der Waals surface area contributed by atoms with E-state index in [9.17, 15) is 8.42 Å². The Bertz CT molecular complexity index is 205. The number of halogens is 2. The summed E-state index contributed by atoms with van der Waals surface area (Å²) in [7, 11) is -4.02. The second-order valence-electron chi connectivity index (χ2n) is 1.28. The van der Waals surface area contributed by atoms with E-state index in [1.807, 2.05) is 0 Å². The van der Waals surface area contributed by atoms with E-state index in [1.54, 1.807) is 0 Å². The van der Waals surface area contributed by atoms with E-state index in [2.05, 4.69) is 0 Å². The Morgan fingerprint density at radius 2 is 2.11 bits per heavy atom. The lowest BCUT2D eigenvalue weighted by Gasteiger charge is -1.90. The molecule has 3 nitrogen and oxygen atoms in total. The van der Waals surface area contributed by atoms with Crippen LogP contribution in [0.25, 0.3) is 0 Å². The van der Waals surface area contributed by atoms with Gasteiger partial charge in [0.25, 0.3) is 10.1 Å². The van der Waals surface area contributed by atoms with E-state index in [1.165, 1.54) is 0 Å². The third kappa shape index (κ3) is 6.11. The molecule has 54 valence electrons. The van der Waals surface area contributed by atoms with Crippen molar-refractivity contribution in [3.05, 3.63) is 10.6 Å². The molecule has 0 spiro atoms. The van der Waals surface area contributed by atoms with Crippen molar-refractivity contribution < 1.29 is 13.0 Å². The third-order valence-electron chi connectivity index (χ3n) is 0.439. The predicted molar refractivity (Wildman–Crippen MR) is 36.2 cm³/mol. The van der Waals surface area contributed by atoms with Crippen LogP contribution >= 0.6 is 23.2 Å². The molecule has 0 saturated carbocycles. The van der Waals surface area contributed by atoms with E-state index in [-0.39, 0.29) is 5.03 Å². The zero-order chi connectivity index (χ0) is 7.49. The molecule has 0 heterocycles. The molecule has 0 aliphatic rings. The molecule has 0 rings (SSSR count). The lowest BCUT2D eigenvalue weighted by molar-refractivity contribution is 0.486. The van der Waals surface area contributed by atoms with E-state index in [0.717, 1.165) is 5.54 Å². The Morgan fingerprint density at radius 3 is 2.22 bits per heavy atom. The van der Waals surface area contributed by atoms with Gasteiger partial charge in [-0.2, -0.15) is 8.42 Å². The highest BCUT2D eigenvalue weighted by Gasteiger charge is 2.05. The molecule has 0 saturated heterocycles. The van der Waals surface area contributed by atoms with Crippen LogP contribution < -0.4 is 0 Å². The lowest BCUT2D eigenvalue weighted by Crippen LogP contribution is -2.02. The monoisotopic (exact) mass is 190 g/mol. The summed E-state index contributed by atoms with van der Waals surface area (Å²) in [5.74, 6) is -0.627. The smallest absolute Gasteiger partial charge is 0.270 e. The molecule has 0 aliphatic carbocycles.